The third kappa shape index (κ3) is 5.27. The Morgan fingerprint density at radius 1 is 1.26 bits per heavy atom. The Labute approximate surface area is 138 Å². The van der Waals surface area contributed by atoms with E-state index in [0.717, 1.165) is 25.7 Å². The van der Waals surface area contributed by atoms with Crippen LogP contribution in [0.25, 0.3) is 0 Å². The van der Waals surface area contributed by atoms with Crippen molar-refractivity contribution in [2.24, 2.45) is 5.92 Å². The van der Waals surface area contributed by atoms with Gasteiger partial charge in [-0.25, -0.2) is 4.79 Å². The van der Waals surface area contributed by atoms with E-state index in [4.69, 9.17) is 0 Å². The van der Waals surface area contributed by atoms with Crippen molar-refractivity contribution in [1.29, 1.82) is 0 Å². The molecule has 23 heavy (non-hydrogen) atoms. The van der Waals surface area contributed by atoms with Crippen molar-refractivity contribution >= 4 is 11.9 Å². The number of urea groups is 1. The summed E-state index contributed by atoms with van der Waals surface area (Å²) in [4.78, 5) is 25.5. The van der Waals surface area contributed by atoms with E-state index >= 15 is 0 Å². The van der Waals surface area contributed by atoms with Crippen molar-refractivity contribution < 1.29 is 9.59 Å². The van der Waals surface area contributed by atoms with Crippen LogP contribution in [0, 0.1) is 5.92 Å². The lowest BCUT2D eigenvalue weighted by Crippen LogP contribution is -2.56. The number of rotatable bonds is 5. The van der Waals surface area contributed by atoms with Crippen LogP contribution in [-0.2, 0) is 11.2 Å². The molecule has 126 valence electrons. The van der Waals surface area contributed by atoms with Crippen LogP contribution in [-0.4, -0.2) is 36.1 Å². The van der Waals surface area contributed by atoms with Crippen LogP contribution in [0.1, 0.15) is 38.7 Å². The van der Waals surface area contributed by atoms with Crippen molar-refractivity contribution in [3.63, 3.8) is 0 Å². The van der Waals surface area contributed by atoms with Gasteiger partial charge in [0.2, 0.25) is 5.91 Å². The molecule has 5 nitrogen and oxygen atoms in total. The molecule has 2 N–H and O–H groups in total. The van der Waals surface area contributed by atoms with E-state index in [-0.39, 0.29) is 18.1 Å². The lowest BCUT2D eigenvalue weighted by atomic mass is 9.88. The van der Waals surface area contributed by atoms with Crippen LogP contribution < -0.4 is 10.6 Å². The van der Waals surface area contributed by atoms with Gasteiger partial charge in [0, 0.05) is 20.0 Å². The van der Waals surface area contributed by atoms with Crippen LogP contribution in [0.5, 0.6) is 0 Å². The second kappa shape index (κ2) is 8.56. The van der Waals surface area contributed by atoms with E-state index in [1.807, 2.05) is 25.1 Å². The van der Waals surface area contributed by atoms with Crippen molar-refractivity contribution in [1.82, 2.24) is 15.5 Å². The minimum Gasteiger partial charge on any atom is -0.338 e. The number of amides is 3. The molecule has 1 aromatic carbocycles. The first-order chi connectivity index (χ1) is 11.1. The van der Waals surface area contributed by atoms with E-state index in [9.17, 15) is 9.59 Å². The molecule has 3 amide bonds. The summed E-state index contributed by atoms with van der Waals surface area (Å²) in [6.45, 7) is 4.92. The van der Waals surface area contributed by atoms with Crippen molar-refractivity contribution in [2.75, 3.05) is 13.1 Å². The zero-order valence-electron chi connectivity index (χ0n) is 14.0. The highest BCUT2D eigenvalue weighted by molar-refractivity contribution is 5.77. The average Bonchev–Trinajstić information content (AvgIpc) is 2.54. The summed E-state index contributed by atoms with van der Waals surface area (Å²) < 4.78 is 0. The highest BCUT2D eigenvalue weighted by Crippen LogP contribution is 2.25. The van der Waals surface area contributed by atoms with Gasteiger partial charge in [-0.2, -0.15) is 0 Å². The zero-order valence-corrected chi connectivity index (χ0v) is 14.0. The molecule has 2 unspecified atom stereocenters. The number of benzene rings is 1. The van der Waals surface area contributed by atoms with Gasteiger partial charge in [0.15, 0.2) is 0 Å². The average molecular weight is 317 g/mol. The van der Waals surface area contributed by atoms with Gasteiger partial charge in [0.05, 0.1) is 0 Å². The molecule has 1 aliphatic rings. The van der Waals surface area contributed by atoms with Crippen LogP contribution in [0.15, 0.2) is 30.3 Å². The number of hydrogen-bond acceptors (Lipinski definition) is 2. The molecule has 2 atom stereocenters. The van der Waals surface area contributed by atoms with Gasteiger partial charge in [-0.1, -0.05) is 37.3 Å². The van der Waals surface area contributed by atoms with E-state index in [2.05, 4.69) is 22.8 Å². The lowest BCUT2D eigenvalue weighted by molar-refractivity contribution is -0.133. The summed E-state index contributed by atoms with van der Waals surface area (Å²) >= 11 is 0. The number of hydrogen-bond donors (Lipinski definition) is 2. The Balaban J connectivity index is 1.96. The third-order valence-electron chi connectivity index (χ3n) is 4.32. The van der Waals surface area contributed by atoms with E-state index in [0.29, 0.717) is 19.0 Å². The highest BCUT2D eigenvalue weighted by Gasteiger charge is 2.31. The number of nitrogens with one attached hydrogen (secondary N) is 2. The molecule has 0 bridgehead atoms. The summed E-state index contributed by atoms with van der Waals surface area (Å²) in [7, 11) is 0. The second-order valence-corrected chi connectivity index (χ2v) is 6.21. The topological polar surface area (TPSA) is 61.4 Å². The maximum Gasteiger partial charge on any atom is 0.316 e. The molecule has 2 rings (SSSR count). The molecule has 5 heteroatoms. The Kier molecular flexibility index (Phi) is 6.44. The van der Waals surface area contributed by atoms with Gasteiger partial charge in [0.1, 0.15) is 6.17 Å². The van der Waals surface area contributed by atoms with E-state index in [1.54, 1.807) is 11.8 Å². The molecular weight excluding hydrogens is 290 g/mol. The first-order valence-corrected chi connectivity index (χ1v) is 8.45. The first kappa shape index (κ1) is 17.3. The molecule has 0 radical (unpaired) electrons. The van der Waals surface area contributed by atoms with Crippen LogP contribution >= 0.6 is 0 Å². The fraction of sp³-hybridized carbons (Fsp3) is 0.556. The Hall–Kier alpha value is -2.04. The fourth-order valence-electron chi connectivity index (χ4n) is 3.13. The molecule has 1 heterocycles. The van der Waals surface area contributed by atoms with Crippen LogP contribution in [0.3, 0.4) is 0 Å². The van der Waals surface area contributed by atoms with Gasteiger partial charge in [-0.3, -0.25) is 4.79 Å². The summed E-state index contributed by atoms with van der Waals surface area (Å²) in [5, 5.41) is 5.77. The van der Waals surface area contributed by atoms with Gasteiger partial charge >= 0.3 is 6.03 Å². The zero-order chi connectivity index (χ0) is 16.7. The smallest absolute Gasteiger partial charge is 0.316 e. The van der Waals surface area contributed by atoms with Crippen molar-refractivity contribution in [3.05, 3.63) is 35.9 Å². The Bertz CT molecular complexity index is 518. The molecule has 0 spiro atoms. The lowest BCUT2D eigenvalue weighted by Gasteiger charge is -2.39. The van der Waals surface area contributed by atoms with Gasteiger partial charge in [-0.05, 0) is 37.2 Å². The standard InChI is InChI=1S/C18H27N3O2/c1-3-10-19-18(23)20-17-13-16(9-11-21(17)14(2)22)12-15-7-5-4-6-8-15/h4-8,16-17H,3,9-13H2,1-2H3,(H2,19,20,23). The summed E-state index contributed by atoms with van der Waals surface area (Å²) in [5.74, 6) is 0.494. The molecule has 0 aromatic heterocycles. The monoisotopic (exact) mass is 317 g/mol. The quantitative estimate of drug-likeness (QED) is 0.876. The molecular formula is C18H27N3O2. The van der Waals surface area contributed by atoms with E-state index < -0.39 is 0 Å². The Morgan fingerprint density at radius 2 is 2.00 bits per heavy atom. The van der Waals surface area contributed by atoms with Gasteiger partial charge < -0.3 is 15.5 Å². The van der Waals surface area contributed by atoms with Crippen molar-refractivity contribution in [3.8, 4) is 0 Å². The maximum absolute atomic E-state index is 11.9. The molecule has 0 aliphatic carbocycles. The molecule has 1 saturated heterocycles. The predicted molar refractivity (Wildman–Crippen MR) is 90.9 cm³/mol. The SMILES string of the molecule is CCCNC(=O)NC1CC(Cc2ccccc2)CCN1C(C)=O. The molecule has 1 aromatic rings. The second-order valence-electron chi connectivity index (χ2n) is 6.21. The molecule has 1 aliphatic heterocycles. The largest absolute Gasteiger partial charge is 0.338 e. The van der Waals surface area contributed by atoms with Crippen molar-refractivity contribution in [2.45, 2.75) is 45.7 Å². The predicted octanol–water partition coefficient (Wildman–Crippen LogP) is 2.52. The molecule has 0 saturated carbocycles. The number of carbonyl (C=O) groups excluding carboxylic acids is 2. The minimum absolute atomic E-state index is 0.0175. The fourth-order valence-corrected chi connectivity index (χ4v) is 3.13. The highest BCUT2D eigenvalue weighted by atomic mass is 16.2. The number of piperidine rings is 1. The normalized spacial score (nSPS) is 20.9. The number of likely N-dealkylation sites (tertiary alicyclic amines) is 1. The maximum atomic E-state index is 11.9. The number of nitrogens with zero attached hydrogens (tertiary/aromatic N) is 1. The van der Waals surface area contributed by atoms with E-state index in [1.165, 1.54) is 5.56 Å². The van der Waals surface area contributed by atoms with Crippen LogP contribution in [0.4, 0.5) is 4.79 Å². The first-order valence-electron chi connectivity index (χ1n) is 8.45. The summed E-state index contributed by atoms with van der Waals surface area (Å²) in [6.07, 6.45) is 3.44. The van der Waals surface area contributed by atoms with Gasteiger partial charge in [0.25, 0.3) is 0 Å². The number of carbonyl (C=O) groups is 2. The summed E-state index contributed by atoms with van der Waals surface area (Å²) in [6, 6.07) is 10.2. The van der Waals surface area contributed by atoms with Gasteiger partial charge in [-0.15, -0.1) is 0 Å². The Morgan fingerprint density at radius 3 is 2.65 bits per heavy atom. The molecule has 1 fully saturated rings. The summed E-state index contributed by atoms with van der Waals surface area (Å²) in [5.41, 5.74) is 1.31. The third-order valence-corrected chi connectivity index (χ3v) is 4.32. The van der Waals surface area contributed by atoms with Crippen LogP contribution in [0.2, 0.25) is 0 Å². The minimum atomic E-state index is -0.216.